The van der Waals surface area contributed by atoms with E-state index in [1.54, 1.807) is 11.8 Å². The molecule has 0 unspecified atom stereocenters. The Bertz CT molecular complexity index is 146. The number of thioether (sulfide) groups is 1. The minimum absolute atomic E-state index is 0.129. The van der Waals surface area contributed by atoms with Crippen molar-refractivity contribution in [2.24, 2.45) is 0 Å². The smallest absolute Gasteiger partial charge is 0.246 e. The standard InChI is InChI=1S/C8H15NO2S/c1-12-7-4-8(10)9-5-2-3-6-11-9/h2-7H2,1H3. The summed E-state index contributed by atoms with van der Waals surface area (Å²) in [5, 5.41) is 1.51. The van der Waals surface area contributed by atoms with Gasteiger partial charge in [0, 0.05) is 18.7 Å². The lowest BCUT2D eigenvalue weighted by atomic mass is 10.3. The molecular weight excluding hydrogens is 174 g/mol. The highest BCUT2D eigenvalue weighted by Gasteiger charge is 2.16. The molecule has 0 bridgehead atoms. The van der Waals surface area contributed by atoms with E-state index < -0.39 is 0 Å². The topological polar surface area (TPSA) is 29.5 Å². The Balaban J connectivity index is 2.20. The fourth-order valence-electron chi connectivity index (χ4n) is 1.11. The molecule has 1 amide bonds. The molecule has 1 aliphatic rings. The average molecular weight is 189 g/mol. The first-order valence-electron chi connectivity index (χ1n) is 4.27. The molecule has 0 radical (unpaired) electrons. The van der Waals surface area contributed by atoms with E-state index in [0.29, 0.717) is 13.0 Å². The summed E-state index contributed by atoms with van der Waals surface area (Å²) in [6.45, 7) is 1.47. The molecule has 0 saturated carbocycles. The number of rotatable bonds is 3. The van der Waals surface area contributed by atoms with Crippen LogP contribution in [0.4, 0.5) is 0 Å². The molecule has 0 spiro atoms. The fraction of sp³-hybridized carbons (Fsp3) is 0.875. The van der Waals surface area contributed by atoms with Gasteiger partial charge < -0.3 is 0 Å². The van der Waals surface area contributed by atoms with Crippen LogP contribution in [0.25, 0.3) is 0 Å². The summed E-state index contributed by atoms with van der Waals surface area (Å²) >= 11 is 1.69. The zero-order valence-corrected chi connectivity index (χ0v) is 8.23. The van der Waals surface area contributed by atoms with Crippen molar-refractivity contribution >= 4 is 17.7 Å². The number of hydrogen-bond donors (Lipinski definition) is 0. The maximum atomic E-state index is 11.3. The second kappa shape index (κ2) is 5.43. The monoisotopic (exact) mass is 189 g/mol. The molecule has 0 aromatic heterocycles. The van der Waals surface area contributed by atoms with Gasteiger partial charge >= 0.3 is 0 Å². The molecule has 1 fully saturated rings. The summed E-state index contributed by atoms with van der Waals surface area (Å²) in [6, 6.07) is 0. The third-order valence-electron chi connectivity index (χ3n) is 1.80. The van der Waals surface area contributed by atoms with Crippen LogP contribution < -0.4 is 0 Å². The van der Waals surface area contributed by atoms with Crippen LogP contribution in [-0.2, 0) is 9.63 Å². The minimum atomic E-state index is 0.129. The van der Waals surface area contributed by atoms with Crippen molar-refractivity contribution in [3.05, 3.63) is 0 Å². The molecule has 1 heterocycles. The summed E-state index contributed by atoms with van der Waals surface area (Å²) in [7, 11) is 0. The highest BCUT2D eigenvalue weighted by atomic mass is 32.2. The van der Waals surface area contributed by atoms with Gasteiger partial charge in [-0.25, -0.2) is 5.06 Å². The van der Waals surface area contributed by atoms with Gasteiger partial charge in [0.25, 0.3) is 0 Å². The molecule has 0 aliphatic carbocycles. The molecule has 3 nitrogen and oxygen atoms in total. The lowest BCUT2D eigenvalue weighted by Crippen LogP contribution is -2.35. The Hall–Kier alpha value is -0.220. The van der Waals surface area contributed by atoms with Gasteiger partial charge in [-0.3, -0.25) is 9.63 Å². The van der Waals surface area contributed by atoms with E-state index in [9.17, 15) is 4.79 Å². The molecule has 1 saturated heterocycles. The van der Waals surface area contributed by atoms with Gasteiger partial charge in [0.05, 0.1) is 6.61 Å². The first-order chi connectivity index (χ1) is 5.84. The van der Waals surface area contributed by atoms with Gasteiger partial charge in [0.2, 0.25) is 5.91 Å². The number of nitrogens with zero attached hydrogens (tertiary/aromatic N) is 1. The predicted octanol–water partition coefficient (Wildman–Crippen LogP) is 1.29. The lowest BCUT2D eigenvalue weighted by Gasteiger charge is -2.25. The first kappa shape index (κ1) is 9.86. The van der Waals surface area contributed by atoms with Gasteiger partial charge in [-0.05, 0) is 19.1 Å². The van der Waals surface area contributed by atoms with Crippen molar-refractivity contribution in [2.75, 3.05) is 25.2 Å². The van der Waals surface area contributed by atoms with Crippen molar-refractivity contribution in [3.63, 3.8) is 0 Å². The number of carbonyl (C=O) groups is 1. The molecular formula is C8H15NO2S. The summed E-state index contributed by atoms with van der Waals surface area (Å²) in [6.07, 6.45) is 4.75. The fourth-order valence-corrected chi connectivity index (χ4v) is 1.49. The van der Waals surface area contributed by atoms with Gasteiger partial charge in [0.1, 0.15) is 0 Å². The Morgan fingerprint density at radius 1 is 1.58 bits per heavy atom. The van der Waals surface area contributed by atoms with Crippen molar-refractivity contribution in [1.82, 2.24) is 5.06 Å². The Morgan fingerprint density at radius 2 is 2.42 bits per heavy atom. The van der Waals surface area contributed by atoms with Crippen molar-refractivity contribution in [1.29, 1.82) is 0 Å². The van der Waals surface area contributed by atoms with Gasteiger partial charge in [-0.1, -0.05) is 0 Å². The van der Waals surface area contributed by atoms with Crippen LogP contribution in [-0.4, -0.2) is 36.1 Å². The van der Waals surface area contributed by atoms with Gasteiger partial charge in [-0.15, -0.1) is 0 Å². The lowest BCUT2D eigenvalue weighted by molar-refractivity contribution is -0.196. The number of hydrogen-bond acceptors (Lipinski definition) is 3. The van der Waals surface area contributed by atoms with Crippen molar-refractivity contribution in [3.8, 4) is 0 Å². The van der Waals surface area contributed by atoms with Gasteiger partial charge in [0.15, 0.2) is 0 Å². The van der Waals surface area contributed by atoms with E-state index in [1.165, 1.54) is 5.06 Å². The molecule has 4 heteroatoms. The van der Waals surface area contributed by atoms with Crippen LogP contribution in [0.15, 0.2) is 0 Å². The summed E-state index contributed by atoms with van der Waals surface area (Å²) in [5.74, 6) is 1.02. The molecule has 12 heavy (non-hydrogen) atoms. The Morgan fingerprint density at radius 3 is 3.00 bits per heavy atom. The third kappa shape index (κ3) is 3.03. The van der Waals surface area contributed by atoms with Crippen LogP contribution in [0.2, 0.25) is 0 Å². The maximum absolute atomic E-state index is 11.3. The molecule has 0 N–H and O–H groups in total. The van der Waals surface area contributed by atoms with Crippen LogP contribution >= 0.6 is 11.8 Å². The molecule has 0 aromatic rings. The molecule has 1 aliphatic heterocycles. The normalized spacial score (nSPS) is 17.9. The van der Waals surface area contributed by atoms with Crippen molar-refractivity contribution < 1.29 is 9.63 Å². The van der Waals surface area contributed by atoms with Crippen LogP contribution in [0.1, 0.15) is 19.3 Å². The number of hydroxylamine groups is 2. The first-order valence-corrected chi connectivity index (χ1v) is 5.66. The van der Waals surface area contributed by atoms with Gasteiger partial charge in [-0.2, -0.15) is 11.8 Å². The summed E-state index contributed by atoms with van der Waals surface area (Å²) in [5.41, 5.74) is 0. The van der Waals surface area contributed by atoms with E-state index in [0.717, 1.165) is 25.1 Å². The van der Waals surface area contributed by atoms with E-state index in [-0.39, 0.29) is 5.91 Å². The third-order valence-corrected chi connectivity index (χ3v) is 2.41. The van der Waals surface area contributed by atoms with Crippen LogP contribution in [0.5, 0.6) is 0 Å². The molecule has 0 aromatic carbocycles. The van der Waals surface area contributed by atoms with E-state index in [1.807, 2.05) is 6.26 Å². The average Bonchev–Trinajstić information content (AvgIpc) is 2.15. The summed E-state index contributed by atoms with van der Waals surface area (Å²) < 4.78 is 0. The minimum Gasteiger partial charge on any atom is -0.273 e. The van der Waals surface area contributed by atoms with E-state index in [2.05, 4.69) is 0 Å². The molecule has 70 valence electrons. The van der Waals surface area contributed by atoms with Crippen molar-refractivity contribution in [2.45, 2.75) is 19.3 Å². The highest BCUT2D eigenvalue weighted by Crippen LogP contribution is 2.08. The van der Waals surface area contributed by atoms with E-state index >= 15 is 0 Å². The maximum Gasteiger partial charge on any atom is 0.246 e. The Labute approximate surface area is 77.4 Å². The second-order valence-corrected chi connectivity index (χ2v) is 3.76. The quantitative estimate of drug-likeness (QED) is 0.670. The number of carbonyl (C=O) groups excluding carboxylic acids is 1. The second-order valence-electron chi connectivity index (χ2n) is 2.78. The summed E-state index contributed by atoms with van der Waals surface area (Å²) in [4.78, 5) is 16.6. The number of amides is 1. The molecule has 0 atom stereocenters. The highest BCUT2D eigenvalue weighted by molar-refractivity contribution is 7.98. The van der Waals surface area contributed by atoms with Crippen LogP contribution in [0.3, 0.4) is 0 Å². The molecule has 1 rings (SSSR count). The van der Waals surface area contributed by atoms with Crippen LogP contribution in [0, 0.1) is 0 Å². The Kier molecular flexibility index (Phi) is 4.46. The zero-order chi connectivity index (χ0) is 8.81. The van der Waals surface area contributed by atoms with E-state index in [4.69, 9.17) is 4.84 Å². The SMILES string of the molecule is CSCCC(=O)N1CCCCO1. The largest absolute Gasteiger partial charge is 0.273 e. The zero-order valence-electron chi connectivity index (χ0n) is 7.41. The predicted molar refractivity (Wildman–Crippen MR) is 49.9 cm³/mol.